The van der Waals surface area contributed by atoms with Crippen molar-refractivity contribution in [3.8, 4) is 17.0 Å². The van der Waals surface area contributed by atoms with E-state index in [1.807, 2.05) is 42.9 Å². The van der Waals surface area contributed by atoms with Gasteiger partial charge < -0.3 is 9.84 Å². The Labute approximate surface area is 156 Å². The highest BCUT2D eigenvalue weighted by atomic mass is 35.5. The molecule has 3 aromatic rings. The number of aliphatic carboxylic acids is 1. The fourth-order valence-electron chi connectivity index (χ4n) is 2.65. The molecule has 3 rings (SSSR count). The molecule has 0 aliphatic rings. The second kappa shape index (κ2) is 7.62. The standard InChI is InChI=1S/C20H19ClN2O3/c1-3-23-11-10-17(22-23)16-12-13(2)4-9-18(16)26-19(20(24)25)14-5-7-15(21)8-6-14/h4-12,19H,3H2,1-2H3,(H,24,25). The molecular weight excluding hydrogens is 352 g/mol. The number of carboxylic acids is 1. The van der Waals surface area contributed by atoms with E-state index in [1.165, 1.54) is 0 Å². The molecule has 1 heterocycles. The van der Waals surface area contributed by atoms with Crippen molar-refractivity contribution in [2.45, 2.75) is 26.5 Å². The molecule has 1 unspecified atom stereocenters. The average molecular weight is 371 g/mol. The Balaban J connectivity index is 1.99. The summed E-state index contributed by atoms with van der Waals surface area (Å²) >= 11 is 5.90. The lowest BCUT2D eigenvalue weighted by molar-refractivity contribution is -0.145. The fraction of sp³-hybridized carbons (Fsp3) is 0.200. The Bertz CT molecular complexity index is 919. The van der Waals surface area contributed by atoms with Gasteiger partial charge in [0.2, 0.25) is 6.10 Å². The summed E-state index contributed by atoms with van der Waals surface area (Å²) in [6, 6.07) is 14.1. The molecule has 0 spiro atoms. The molecule has 2 aromatic carbocycles. The number of aryl methyl sites for hydroxylation is 2. The summed E-state index contributed by atoms with van der Waals surface area (Å²) in [7, 11) is 0. The first-order valence-corrected chi connectivity index (χ1v) is 8.65. The molecule has 1 N–H and O–H groups in total. The van der Waals surface area contributed by atoms with E-state index < -0.39 is 12.1 Å². The molecule has 0 fully saturated rings. The Morgan fingerprint density at radius 3 is 2.58 bits per heavy atom. The van der Waals surface area contributed by atoms with Crippen LogP contribution < -0.4 is 4.74 Å². The van der Waals surface area contributed by atoms with Crippen LogP contribution in [0.3, 0.4) is 0 Å². The predicted octanol–water partition coefficient (Wildman–Crippen LogP) is 4.74. The zero-order chi connectivity index (χ0) is 18.7. The second-order valence-corrected chi connectivity index (χ2v) is 6.38. The van der Waals surface area contributed by atoms with Gasteiger partial charge in [-0.1, -0.05) is 35.4 Å². The number of aromatic nitrogens is 2. The maximum atomic E-state index is 11.8. The molecule has 0 amide bonds. The maximum Gasteiger partial charge on any atom is 0.349 e. The van der Waals surface area contributed by atoms with Gasteiger partial charge in [0.1, 0.15) is 5.75 Å². The highest BCUT2D eigenvalue weighted by molar-refractivity contribution is 6.30. The minimum absolute atomic E-state index is 0.472. The van der Waals surface area contributed by atoms with Crippen molar-refractivity contribution >= 4 is 17.6 Å². The number of ether oxygens (including phenoxy) is 1. The predicted molar refractivity (Wildman–Crippen MR) is 101 cm³/mol. The van der Waals surface area contributed by atoms with Crippen molar-refractivity contribution in [3.63, 3.8) is 0 Å². The topological polar surface area (TPSA) is 64.3 Å². The summed E-state index contributed by atoms with van der Waals surface area (Å²) in [5, 5.41) is 14.7. The van der Waals surface area contributed by atoms with E-state index >= 15 is 0 Å². The van der Waals surface area contributed by atoms with E-state index in [1.54, 1.807) is 30.3 Å². The first-order chi connectivity index (χ1) is 12.5. The van der Waals surface area contributed by atoms with Crippen LogP contribution in [0.25, 0.3) is 11.3 Å². The van der Waals surface area contributed by atoms with Crippen molar-refractivity contribution in [3.05, 3.63) is 70.9 Å². The van der Waals surface area contributed by atoms with Crippen LogP contribution in [0.2, 0.25) is 5.02 Å². The molecule has 5 nitrogen and oxygen atoms in total. The third-order valence-corrected chi connectivity index (χ3v) is 4.27. The molecule has 0 aliphatic heterocycles. The number of carboxylic acid groups (broad SMARTS) is 1. The molecule has 0 radical (unpaired) electrons. The highest BCUT2D eigenvalue weighted by Crippen LogP contribution is 2.33. The van der Waals surface area contributed by atoms with Crippen LogP contribution in [0.15, 0.2) is 54.7 Å². The number of rotatable bonds is 6. The van der Waals surface area contributed by atoms with Crippen LogP contribution in [-0.2, 0) is 11.3 Å². The Morgan fingerprint density at radius 2 is 1.96 bits per heavy atom. The lowest BCUT2D eigenvalue weighted by Crippen LogP contribution is -2.18. The quantitative estimate of drug-likeness (QED) is 0.680. The Morgan fingerprint density at radius 1 is 1.23 bits per heavy atom. The molecule has 1 aromatic heterocycles. The lowest BCUT2D eigenvalue weighted by atomic mass is 10.1. The number of hydrogen-bond acceptors (Lipinski definition) is 3. The second-order valence-electron chi connectivity index (χ2n) is 5.94. The van der Waals surface area contributed by atoms with Gasteiger partial charge in [-0.15, -0.1) is 0 Å². The molecule has 0 saturated carbocycles. The summed E-state index contributed by atoms with van der Waals surface area (Å²) in [5.41, 5.74) is 3.06. The van der Waals surface area contributed by atoms with Gasteiger partial charge in [-0.05, 0) is 44.2 Å². The van der Waals surface area contributed by atoms with Gasteiger partial charge in [0.25, 0.3) is 0 Å². The van der Waals surface area contributed by atoms with Crippen LogP contribution in [0.4, 0.5) is 0 Å². The highest BCUT2D eigenvalue weighted by Gasteiger charge is 2.24. The Hall–Kier alpha value is -2.79. The Kier molecular flexibility index (Phi) is 5.28. The normalized spacial score (nSPS) is 12.0. The van der Waals surface area contributed by atoms with E-state index in [2.05, 4.69) is 5.10 Å². The monoisotopic (exact) mass is 370 g/mol. The molecule has 134 valence electrons. The van der Waals surface area contributed by atoms with Crippen molar-refractivity contribution in [2.75, 3.05) is 0 Å². The van der Waals surface area contributed by atoms with Gasteiger partial charge in [0, 0.05) is 28.9 Å². The molecule has 26 heavy (non-hydrogen) atoms. The van der Waals surface area contributed by atoms with Crippen LogP contribution >= 0.6 is 11.6 Å². The summed E-state index contributed by atoms with van der Waals surface area (Å²) in [5.74, 6) is -0.600. The zero-order valence-corrected chi connectivity index (χ0v) is 15.3. The smallest absolute Gasteiger partial charge is 0.349 e. The van der Waals surface area contributed by atoms with Crippen molar-refractivity contribution < 1.29 is 14.6 Å². The maximum absolute atomic E-state index is 11.8. The number of hydrogen-bond donors (Lipinski definition) is 1. The SMILES string of the molecule is CCn1ccc(-c2cc(C)ccc2OC(C(=O)O)c2ccc(Cl)cc2)n1. The summed E-state index contributed by atoms with van der Waals surface area (Å²) in [6.45, 7) is 4.73. The summed E-state index contributed by atoms with van der Waals surface area (Å²) in [6.07, 6.45) is 0.747. The van der Waals surface area contributed by atoms with Gasteiger partial charge in [-0.3, -0.25) is 4.68 Å². The van der Waals surface area contributed by atoms with Gasteiger partial charge in [0.05, 0.1) is 5.69 Å². The largest absolute Gasteiger partial charge is 0.478 e. The average Bonchev–Trinajstić information content (AvgIpc) is 3.10. The third-order valence-electron chi connectivity index (χ3n) is 4.02. The van der Waals surface area contributed by atoms with Crippen LogP contribution in [0.5, 0.6) is 5.75 Å². The van der Waals surface area contributed by atoms with Crippen molar-refractivity contribution in [1.82, 2.24) is 9.78 Å². The van der Waals surface area contributed by atoms with Crippen molar-refractivity contribution in [2.24, 2.45) is 0 Å². The minimum atomic E-state index is -1.14. The third kappa shape index (κ3) is 3.89. The number of nitrogens with zero attached hydrogens (tertiary/aromatic N) is 2. The van der Waals surface area contributed by atoms with Crippen molar-refractivity contribution in [1.29, 1.82) is 0 Å². The zero-order valence-electron chi connectivity index (χ0n) is 14.5. The van der Waals surface area contributed by atoms with Gasteiger partial charge in [0.15, 0.2) is 0 Å². The first kappa shape index (κ1) is 18.0. The summed E-state index contributed by atoms with van der Waals surface area (Å²) < 4.78 is 7.71. The molecule has 0 aliphatic carbocycles. The minimum Gasteiger partial charge on any atom is -0.478 e. The lowest BCUT2D eigenvalue weighted by Gasteiger charge is -2.18. The summed E-state index contributed by atoms with van der Waals surface area (Å²) in [4.78, 5) is 11.8. The molecule has 1 atom stereocenters. The molecule has 0 saturated heterocycles. The van der Waals surface area contributed by atoms with Crippen LogP contribution in [0.1, 0.15) is 24.2 Å². The fourth-order valence-corrected chi connectivity index (χ4v) is 2.78. The molecular formula is C20H19ClN2O3. The van der Waals surface area contributed by atoms with Crippen LogP contribution in [-0.4, -0.2) is 20.9 Å². The number of carbonyl (C=O) groups is 1. The van der Waals surface area contributed by atoms with Gasteiger partial charge >= 0.3 is 5.97 Å². The molecule has 0 bridgehead atoms. The number of benzene rings is 2. The van der Waals surface area contributed by atoms with Gasteiger partial charge in [-0.25, -0.2) is 4.79 Å². The van der Waals surface area contributed by atoms with E-state index in [0.29, 0.717) is 16.3 Å². The van der Waals surface area contributed by atoms with E-state index in [0.717, 1.165) is 23.4 Å². The first-order valence-electron chi connectivity index (χ1n) is 8.27. The van der Waals surface area contributed by atoms with Crippen LogP contribution in [0, 0.1) is 6.92 Å². The van der Waals surface area contributed by atoms with Gasteiger partial charge in [-0.2, -0.15) is 5.10 Å². The molecule has 6 heteroatoms. The number of halogens is 1. The van der Waals surface area contributed by atoms with E-state index in [4.69, 9.17) is 16.3 Å². The van der Waals surface area contributed by atoms with E-state index in [-0.39, 0.29) is 0 Å². The van der Waals surface area contributed by atoms with E-state index in [9.17, 15) is 9.90 Å².